The molecule has 3 nitrogen and oxygen atoms in total. The molecule has 3 heteroatoms. The Kier molecular flexibility index (Phi) is 5.08. The van der Waals surface area contributed by atoms with Crippen LogP contribution in [-0.4, -0.2) is 6.21 Å². The molecule has 2 N–H and O–H groups in total. The first-order chi connectivity index (χ1) is 16.8. The molecule has 1 aliphatic rings. The molecule has 0 atom stereocenters. The van der Waals surface area contributed by atoms with E-state index in [-0.39, 0.29) is 0 Å². The van der Waals surface area contributed by atoms with Gasteiger partial charge in [0.15, 0.2) is 0 Å². The zero-order chi connectivity index (χ0) is 22.9. The quantitative estimate of drug-likeness (QED) is 0.176. The Morgan fingerprint density at radius 1 is 0.647 bits per heavy atom. The van der Waals surface area contributed by atoms with Gasteiger partial charge in [-0.05, 0) is 64.4 Å². The lowest BCUT2D eigenvalue weighted by atomic mass is 9.89. The fourth-order valence-corrected chi connectivity index (χ4v) is 4.83. The molecule has 4 aromatic carbocycles. The Morgan fingerprint density at radius 3 is 2.03 bits per heavy atom. The second-order valence-corrected chi connectivity index (χ2v) is 8.64. The SMILES string of the molecule is N/N=C/c1cccc2c1oc1cc(-c3ccc(C4=CC=C(c5ccccc5)CC4)cc3)ccc12. The minimum absolute atomic E-state index is 0.811. The second kappa shape index (κ2) is 8.53. The van der Waals surface area contributed by atoms with Gasteiger partial charge in [0.25, 0.3) is 0 Å². The molecular formula is C31H24N2O. The van der Waals surface area contributed by atoms with E-state index >= 15 is 0 Å². The number of hydrazone groups is 1. The molecule has 0 saturated heterocycles. The van der Waals surface area contributed by atoms with Crippen LogP contribution in [0.1, 0.15) is 29.5 Å². The highest BCUT2D eigenvalue weighted by atomic mass is 16.3. The Bertz CT molecular complexity index is 1590. The Balaban J connectivity index is 1.30. The van der Waals surface area contributed by atoms with E-state index in [9.17, 15) is 0 Å². The molecule has 0 spiro atoms. The van der Waals surface area contributed by atoms with Crippen LogP contribution in [0.4, 0.5) is 0 Å². The Hall–Kier alpha value is -4.37. The molecule has 0 fully saturated rings. The molecule has 5 aromatic rings. The molecule has 0 bridgehead atoms. The smallest absolute Gasteiger partial charge is 0.144 e. The van der Waals surface area contributed by atoms with Crippen LogP contribution >= 0.6 is 0 Å². The Morgan fingerprint density at radius 2 is 1.32 bits per heavy atom. The summed E-state index contributed by atoms with van der Waals surface area (Å²) in [5.74, 6) is 5.37. The van der Waals surface area contributed by atoms with Crippen molar-refractivity contribution in [3.63, 3.8) is 0 Å². The van der Waals surface area contributed by atoms with Crippen LogP contribution < -0.4 is 5.84 Å². The van der Waals surface area contributed by atoms with Gasteiger partial charge < -0.3 is 10.3 Å². The number of rotatable bonds is 4. The lowest BCUT2D eigenvalue weighted by Gasteiger charge is -2.15. The summed E-state index contributed by atoms with van der Waals surface area (Å²) in [4.78, 5) is 0. The third-order valence-electron chi connectivity index (χ3n) is 6.63. The largest absolute Gasteiger partial charge is 0.455 e. The van der Waals surface area contributed by atoms with Crippen molar-refractivity contribution in [2.75, 3.05) is 0 Å². The number of nitrogens with two attached hydrogens (primary N) is 1. The van der Waals surface area contributed by atoms with Gasteiger partial charge in [-0.25, -0.2) is 0 Å². The maximum Gasteiger partial charge on any atom is 0.144 e. The van der Waals surface area contributed by atoms with Gasteiger partial charge in [0, 0.05) is 16.3 Å². The molecule has 1 aromatic heterocycles. The summed E-state index contributed by atoms with van der Waals surface area (Å²) in [7, 11) is 0. The number of allylic oxidation sites excluding steroid dienone is 4. The van der Waals surface area contributed by atoms with E-state index in [4.69, 9.17) is 10.3 Å². The summed E-state index contributed by atoms with van der Waals surface area (Å²) in [6, 6.07) is 31.9. The zero-order valence-electron chi connectivity index (χ0n) is 18.7. The highest BCUT2D eigenvalue weighted by Crippen LogP contribution is 2.35. The first kappa shape index (κ1) is 20.3. The minimum Gasteiger partial charge on any atom is -0.455 e. The normalized spacial score (nSPS) is 14.0. The maximum absolute atomic E-state index is 6.20. The number of benzene rings is 4. The molecule has 0 saturated carbocycles. The van der Waals surface area contributed by atoms with E-state index in [0.717, 1.165) is 45.9 Å². The number of furan rings is 1. The highest BCUT2D eigenvalue weighted by molar-refractivity contribution is 6.10. The average molecular weight is 441 g/mol. The van der Waals surface area contributed by atoms with Crippen LogP contribution in [0.2, 0.25) is 0 Å². The van der Waals surface area contributed by atoms with Crippen molar-refractivity contribution < 1.29 is 4.42 Å². The number of nitrogens with zero attached hydrogens (tertiary/aromatic N) is 1. The van der Waals surface area contributed by atoms with Gasteiger partial charge in [-0.1, -0.05) is 84.9 Å². The van der Waals surface area contributed by atoms with Crippen LogP contribution in [-0.2, 0) is 0 Å². The lowest BCUT2D eigenvalue weighted by Crippen LogP contribution is -1.93. The fourth-order valence-electron chi connectivity index (χ4n) is 4.83. The van der Waals surface area contributed by atoms with E-state index < -0.39 is 0 Å². The highest BCUT2D eigenvalue weighted by Gasteiger charge is 2.12. The fraction of sp³-hybridized carbons (Fsp3) is 0.0645. The first-order valence-electron chi connectivity index (χ1n) is 11.5. The van der Waals surface area contributed by atoms with Crippen molar-refractivity contribution in [2.24, 2.45) is 10.9 Å². The molecule has 0 amide bonds. The number of hydrogen-bond acceptors (Lipinski definition) is 3. The second-order valence-electron chi connectivity index (χ2n) is 8.64. The standard InChI is InChI=1S/C31H24N2O/c32-33-20-27-7-4-8-29-28-18-17-26(19-30(28)34-31(27)29)25-15-13-24(14-16-25)23-11-9-22(10-12-23)21-5-2-1-3-6-21/h1-9,11,13-20H,10,12,32H2/b33-20+. The third-order valence-corrected chi connectivity index (χ3v) is 6.63. The summed E-state index contributed by atoms with van der Waals surface area (Å²) < 4.78 is 6.20. The number of hydrogen-bond donors (Lipinski definition) is 1. The molecule has 6 rings (SSSR count). The van der Waals surface area contributed by atoms with Gasteiger partial charge in [0.1, 0.15) is 11.2 Å². The van der Waals surface area contributed by atoms with E-state index in [1.807, 2.05) is 12.1 Å². The predicted molar refractivity (Wildman–Crippen MR) is 143 cm³/mol. The van der Waals surface area contributed by atoms with E-state index in [1.54, 1.807) is 6.21 Å². The van der Waals surface area contributed by atoms with Crippen molar-refractivity contribution >= 4 is 39.3 Å². The van der Waals surface area contributed by atoms with Crippen LogP contribution in [0.25, 0.3) is 44.2 Å². The molecule has 34 heavy (non-hydrogen) atoms. The monoisotopic (exact) mass is 440 g/mol. The van der Waals surface area contributed by atoms with Gasteiger partial charge in [0.05, 0.1) is 6.21 Å². The predicted octanol–water partition coefficient (Wildman–Crippen LogP) is 7.81. The van der Waals surface area contributed by atoms with Gasteiger partial charge in [-0.2, -0.15) is 5.10 Å². The lowest BCUT2D eigenvalue weighted by molar-refractivity contribution is 0.668. The topological polar surface area (TPSA) is 51.5 Å². The van der Waals surface area contributed by atoms with Crippen LogP contribution in [0, 0.1) is 0 Å². The summed E-state index contributed by atoms with van der Waals surface area (Å²) in [5.41, 5.74) is 10.2. The maximum atomic E-state index is 6.20. The average Bonchev–Trinajstić information content (AvgIpc) is 3.29. The molecule has 0 unspecified atom stereocenters. The molecular weight excluding hydrogens is 416 g/mol. The number of para-hydroxylation sites is 1. The summed E-state index contributed by atoms with van der Waals surface area (Å²) in [6.45, 7) is 0. The summed E-state index contributed by atoms with van der Waals surface area (Å²) >= 11 is 0. The molecule has 1 heterocycles. The molecule has 0 radical (unpaired) electrons. The van der Waals surface area contributed by atoms with Crippen LogP contribution in [0.15, 0.2) is 113 Å². The van der Waals surface area contributed by atoms with Crippen molar-refractivity contribution in [1.29, 1.82) is 0 Å². The van der Waals surface area contributed by atoms with Crippen LogP contribution in [0.3, 0.4) is 0 Å². The van der Waals surface area contributed by atoms with Crippen molar-refractivity contribution in [3.8, 4) is 11.1 Å². The number of fused-ring (bicyclic) bond motifs is 3. The van der Waals surface area contributed by atoms with Gasteiger partial charge in [-0.3, -0.25) is 0 Å². The van der Waals surface area contributed by atoms with Gasteiger partial charge in [-0.15, -0.1) is 0 Å². The minimum atomic E-state index is 0.811. The van der Waals surface area contributed by atoms with Crippen molar-refractivity contribution in [1.82, 2.24) is 0 Å². The van der Waals surface area contributed by atoms with Gasteiger partial charge >= 0.3 is 0 Å². The summed E-state index contributed by atoms with van der Waals surface area (Å²) in [6.07, 6.45) is 8.28. The summed E-state index contributed by atoms with van der Waals surface area (Å²) in [5, 5.41) is 5.83. The third kappa shape index (κ3) is 3.61. The van der Waals surface area contributed by atoms with E-state index in [2.05, 4.69) is 96.1 Å². The van der Waals surface area contributed by atoms with E-state index in [0.29, 0.717) is 0 Å². The molecule has 164 valence electrons. The first-order valence-corrected chi connectivity index (χ1v) is 11.5. The van der Waals surface area contributed by atoms with Crippen LogP contribution in [0.5, 0.6) is 0 Å². The molecule has 0 aliphatic heterocycles. The van der Waals surface area contributed by atoms with Crippen molar-refractivity contribution in [3.05, 3.63) is 120 Å². The van der Waals surface area contributed by atoms with Crippen molar-refractivity contribution in [2.45, 2.75) is 12.8 Å². The molecule has 1 aliphatic carbocycles. The zero-order valence-corrected chi connectivity index (χ0v) is 18.7. The van der Waals surface area contributed by atoms with E-state index in [1.165, 1.54) is 27.8 Å². The van der Waals surface area contributed by atoms with Gasteiger partial charge in [0.2, 0.25) is 0 Å². The Labute approximate surface area is 198 Å².